The molecule has 0 bridgehead atoms. The molecule has 2 rings (SSSR count). The summed E-state index contributed by atoms with van der Waals surface area (Å²) in [5, 5.41) is 0. The van der Waals surface area contributed by atoms with Crippen LogP contribution in [0, 0.1) is 0 Å². The van der Waals surface area contributed by atoms with E-state index in [2.05, 4.69) is 6.92 Å². The predicted octanol–water partition coefficient (Wildman–Crippen LogP) is 2.60. The molecule has 3 heteroatoms. The molecule has 0 spiro atoms. The number of rotatable bonds is 4. The number of anilines is 1. The molecule has 2 N–H and O–H groups in total. The molecule has 1 aliphatic carbocycles. The minimum Gasteiger partial charge on any atom is -0.399 e. The predicted molar refractivity (Wildman–Crippen MR) is 74.2 cm³/mol. The van der Waals surface area contributed by atoms with Crippen LogP contribution in [0.5, 0.6) is 0 Å². The van der Waals surface area contributed by atoms with Crippen molar-refractivity contribution < 1.29 is 4.79 Å². The van der Waals surface area contributed by atoms with Gasteiger partial charge in [-0.15, -0.1) is 0 Å². The zero-order valence-electron chi connectivity index (χ0n) is 11.1. The van der Waals surface area contributed by atoms with Crippen molar-refractivity contribution in [2.75, 3.05) is 12.3 Å². The Bertz CT molecular complexity index is 393. The average molecular weight is 246 g/mol. The smallest absolute Gasteiger partial charge is 0.227 e. The van der Waals surface area contributed by atoms with Crippen LogP contribution in [0.4, 0.5) is 5.69 Å². The molecular weight excluding hydrogens is 224 g/mol. The van der Waals surface area contributed by atoms with Gasteiger partial charge in [0.05, 0.1) is 6.42 Å². The molecule has 3 nitrogen and oxygen atoms in total. The number of nitrogens with zero attached hydrogens (tertiary/aromatic N) is 1. The molecule has 0 atom stereocenters. The van der Waals surface area contributed by atoms with Gasteiger partial charge in [0.25, 0.3) is 0 Å². The Morgan fingerprint density at radius 3 is 2.44 bits per heavy atom. The van der Waals surface area contributed by atoms with Crippen molar-refractivity contribution >= 4 is 11.6 Å². The van der Waals surface area contributed by atoms with Crippen molar-refractivity contribution in [2.45, 2.75) is 45.1 Å². The Balaban J connectivity index is 1.98. The molecule has 0 aromatic heterocycles. The maximum Gasteiger partial charge on any atom is 0.227 e. The Labute approximate surface area is 109 Å². The quantitative estimate of drug-likeness (QED) is 0.830. The lowest BCUT2D eigenvalue weighted by Crippen LogP contribution is -2.39. The van der Waals surface area contributed by atoms with Crippen LogP contribution in [0.25, 0.3) is 0 Å². The highest BCUT2D eigenvalue weighted by Crippen LogP contribution is 2.24. The second kappa shape index (κ2) is 5.89. The van der Waals surface area contributed by atoms with Crippen LogP contribution in [0.2, 0.25) is 0 Å². The molecule has 0 heterocycles. The van der Waals surface area contributed by atoms with Crippen LogP contribution in [-0.4, -0.2) is 23.4 Å². The van der Waals surface area contributed by atoms with Gasteiger partial charge in [-0.2, -0.15) is 0 Å². The Hall–Kier alpha value is -1.51. The van der Waals surface area contributed by atoms with Crippen LogP contribution >= 0.6 is 0 Å². The van der Waals surface area contributed by atoms with Crippen LogP contribution in [0.1, 0.15) is 38.2 Å². The maximum atomic E-state index is 12.3. The normalized spacial score (nSPS) is 15.8. The van der Waals surface area contributed by atoms with E-state index in [4.69, 9.17) is 5.73 Å². The van der Waals surface area contributed by atoms with Gasteiger partial charge < -0.3 is 10.6 Å². The molecule has 1 saturated carbocycles. The molecule has 1 amide bonds. The largest absolute Gasteiger partial charge is 0.399 e. The van der Waals surface area contributed by atoms with E-state index in [-0.39, 0.29) is 5.91 Å². The zero-order valence-corrected chi connectivity index (χ0v) is 11.1. The number of hydrogen-bond acceptors (Lipinski definition) is 2. The van der Waals surface area contributed by atoms with Crippen molar-refractivity contribution in [3.8, 4) is 0 Å². The summed E-state index contributed by atoms with van der Waals surface area (Å²) >= 11 is 0. The fourth-order valence-electron chi connectivity index (χ4n) is 2.77. The fraction of sp³-hybridized carbons (Fsp3) is 0.533. The van der Waals surface area contributed by atoms with Crippen molar-refractivity contribution in [2.24, 2.45) is 0 Å². The van der Waals surface area contributed by atoms with Crippen LogP contribution in [0.3, 0.4) is 0 Å². The molecule has 1 aromatic carbocycles. The van der Waals surface area contributed by atoms with Gasteiger partial charge in [0.15, 0.2) is 0 Å². The third-order valence-corrected chi connectivity index (χ3v) is 3.76. The summed E-state index contributed by atoms with van der Waals surface area (Å²) in [6.45, 7) is 2.89. The van der Waals surface area contributed by atoms with E-state index in [9.17, 15) is 4.79 Å². The molecular formula is C15H22N2O. The van der Waals surface area contributed by atoms with Gasteiger partial charge >= 0.3 is 0 Å². The van der Waals surface area contributed by atoms with Gasteiger partial charge in [0.2, 0.25) is 5.91 Å². The third kappa shape index (κ3) is 3.03. The summed E-state index contributed by atoms with van der Waals surface area (Å²) in [6, 6.07) is 8.06. The summed E-state index contributed by atoms with van der Waals surface area (Å²) in [6.07, 6.45) is 5.35. The Kier molecular flexibility index (Phi) is 4.24. The lowest BCUT2D eigenvalue weighted by Gasteiger charge is -2.27. The molecule has 98 valence electrons. The molecule has 0 unspecified atom stereocenters. The van der Waals surface area contributed by atoms with Crippen LogP contribution < -0.4 is 5.73 Å². The molecule has 18 heavy (non-hydrogen) atoms. The number of amides is 1. The molecule has 0 saturated heterocycles. The minimum atomic E-state index is 0.245. The minimum absolute atomic E-state index is 0.245. The standard InChI is InChI=1S/C15H22N2O/c1-2-17(14-5-3-4-6-14)15(18)11-12-7-9-13(16)10-8-12/h7-10,14H,2-6,11,16H2,1H3. The van der Waals surface area contributed by atoms with Gasteiger partial charge in [-0.05, 0) is 37.5 Å². The number of carbonyl (C=O) groups is 1. The van der Waals surface area contributed by atoms with E-state index >= 15 is 0 Å². The molecule has 0 radical (unpaired) electrons. The molecule has 1 fully saturated rings. The summed E-state index contributed by atoms with van der Waals surface area (Å²) in [7, 11) is 0. The first-order chi connectivity index (χ1) is 8.70. The number of likely N-dealkylation sites (N-methyl/N-ethyl adjacent to an activating group) is 1. The summed E-state index contributed by atoms with van der Waals surface area (Å²) in [5.74, 6) is 0.245. The third-order valence-electron chi connectivity index (χ3n) is 3.76. The first kappa shape index (κ1) is 12.9. The van der Waals surface area contributed by atoms with E-state index in [1.165, 1.54) is 25.7 Å². The van der Waals surface area contributed by atoms with E-state index in [1.807, 2.05) is 29.2 Å². The Morgan fingerprint density at radius 1 is 1.28 bits per heavy atom. The molecule has 1 aliphatic rings. The van der Waals surface area contributed by atoms with Gasteiger partial charge in [-0.3, -0.25) is 4.79 Å². The number of nitrogens with two attached hydrogens (primary N) is 1. The molecule has 0 aliphatic heterocycles. The van der Waals surface area contributed by atoms with E-state index in [1.54, 1.807) is 0 Å². The SMILES string of the molecule is CCN(C(=O)Cc1ccc(N)cc1)C1CCCC1. The van der Waals surface area contributed by atoms with Gasteiger partial charge in [0.1, 0.15) is 0 Å². The summed E-state index contributed by atoms with van der Waals surface area (Å²) < 4.78 is 0. The van der Waals surface area contributed by atoms with Gasteiger partial charge in [0, 0.05) is 18.3 Å². The van der Waals surface area contributed by atoms with Crippen LogP contribution in [-0.2, 0) is 11.2 Å². The summed E-state index contributed by atoms with van der Waals surface area (Å²) in [5.41, 5.74) is 7.44. The van der Waals surface area contributed by atoms with E-state index in [0.29, 0.717) is 12.5 Å². The zero-order chi connectivity index (χ0) is 13.0. The highest BCUT2D eigenvalue weighted by molar-refractivity contribution is 5.79. The van der Waals surface area contributed by atoms with Gasteiger partial charge in [-0.25, -0.2) is 0 Å². The second-order valence-electron chi connectivity index (χ2n) is 5.04. The lowest BCUT2D eigenvalue weighted by molar-refractivity contribution is -0.132. The molecule has 1 aromatic rings. The topological polar surface area (TPSA) is 46.3 Å². The second-order valence-corrected chi connectivity index (χ2v) is 5.04. The Morgan fingerprint density at radius 2 is 1.89 bits per heavy atom. The van der Waals surface area contributed by atoms with Crippen LogP contribution in [0.15, 0.2) is 24.3 Å². The monoisotopic (exact) mass is 246 g/mol. The van der Waals surface area contributed by atoms with Gasteiger partial charge in [-0.1, -0.05) is 25.0 Å². The number of carbonyl (C=O) groups excluding carboxylic acids is 1. The average Bonchev–Trinajstić information content (AvgIpc) is 2.87. The van der Waals surface area contributed by atoms with Crippen molar-refractivity contribution in [3.05, 3.63) is 29.8 Å². The lowest BCUT2D eigenvalue weighted by atomic mass is 10.1. The highest BCUT2D eigenvalue weighted by atomic mass is 16.2. The number of hydrogen-bond donors (Lipinski definition) is 1. The summed E-state index contributed by atoms with van der Waals surface area (Å²) in [4.78, 5) is 14.4. The van der Waals surface area contributed by atoms with Crippen molar-refractivity contribution in [1.29, 1.82) is 0 Å². The number of nitrogen functional groups attached to an aromatic ring is 1. The highest BCUT2D eigenvalue weighted by Gasteiger charge is 2.25. The number of benzene rings is 1. The fourth-order valence-corrected chi connectivity index (χ4v) is 2.77. The van der Waals surface area contributed by atoms with E-state index in [0.717, 1.165) is 17.8 Å². The van der Waals surface area contributed by atoms with Crippen molar-refractivity contribution in [1.82, 2.24) is 4.90 Å². The maximum absolute atomic E-state index is 12.3. The van der Waals surface area contributed by atoms with E-state index < -0.39 is 0 Å². The first-order valence-corrected chi connectivity index (χ1v) is 6.84. The first-order valence-electron chi connectivity index (χ1n) is 6.84. The van der Waals surface area contributed by atoms with Crippen molar-refractivity contribution in [3.63, 3.8) is 0 Å².